The summed E-state index contributed by atoms with van der Waals surface area (Å²) < 4.78 is 0. The van der Waals surface area contributed by atoms with Crippen LogP contribution in [0.5, 0.6) is 0 Å². The van der Waals surface area contributed by atoms with Crippen molar-refractivity contribution < 1.29 is 0 Å². The summed E-state index contributed by atoms with van der Waals surface area (Å²) in [5.41, 5.74) is 2.72. The number of allylic oxidation sites excluding steroid dienone is 9. The molecule has 0 bridgehead atoms. The van der Waals surface area contributed by atoms with Gasteiger partial charge in [0, 0.05) is 5.41 Å². The van der Waals surface area contributed by atoms with Crippen LogP contribution in [-0.2, 0) is 0 Å². The Hall–Kier alpha value is -1.30. The molecular formula is C18H28. The van der Waals surface area contributed by atoms with Crippen molar-refractivity contribution in [2.75, 3.05) is 0 Å². The lowest BCUT2D eigenvalue weighted by atomic mass is 9.75. The molecule has 1 aliphatic carbocycles. The van der Waals surface area contributed by atoms with Crippen molar-refractivity contribution in [1.29, 1.82) is 0 Å². The van der Waals surface area contributed by atoms with E-state index in [0.29, 0.717) is 0 Å². The average Bonchev–Trinajstić information content (AvgIpc) is 2.42. The topological polar surface area (TPSA) is 0 Å². The highest BCUT2D eigenvalue weighted by molar-refractivity contribution is 5.41. The number of hydrogen-bond acceptors (Lipinski definition) is 0. The Morgan fingerprint density at radius 3 is 2.39 bits per heavy atom. The predicted molar refractivity (Wildman–Crippen MR) is 84.7 cm³/mol. The third-order valence-corrected chi connectivity index (χ3v) is 3.13. The standard InChI is InChI=1S/C16H22.C2H6/c1-5-7-11-14(6-2)16(3,4)15-12-9-8-10-13-15;1-2/h5-7,9,11-13H,2,8,10H2,1,3-4H3;1-2H3/b7-5-,14-11+;. The molecule has 0 N–H and O–H groups in total. The van der Waals surface area contributed by atoms with Crippen LogP contribution in [0.15, 0.2) is 60.3 Å². The van der Waals surface area contributed by atoms with Gasteiger partial charge in [0.1, 0.15) is 0 Å². The molecule has 100 valence electrons. The molecule has 0 fully saturated rings. The first kappa shape index (κ1) is 16.7. The first-order chi connectivity index (χ1) is 8.62. The smallest absolute Gasteiger partial charge is 0.0143 e. The normalized spacial score (nSPS) is 16.1. The fraction of sp³-hybridized carbons (Fsp3) is 0.444. The van der Waals surface area contributed by atoms with E-state index in [1.807, 2.05) is 32.9 Å². The van der Waals surface area contributed by atoms with Crippen molar-refractivity contribution in [2.45, 2.75) is 47.5 Å². The third kappa shape index (κ3) is 4.52. The molecule has 0 saturated heterocycles. The summed E-state index contributed by atoms with van der Waals surface area (Å²) in [5.74, 6) is 0. The number of hydrogen-bond donors (Lipinski definition) is 0. The SMILES string of the molecule is C=C/C(=C\C=C/C)C(C)(C)C1=CCCC=C1.CC. The van der Waals surface area contributed by atoms with E-state index in [9.17, 15) is 0 Å². The molecule has 0 radical (unpaired) electrons. The van der Waals surface area contributed by atoms with Crippen LogP contribution in [0.25, 0.3) is 0 Å². The second-order valence-electron chi connectivity index (χ2n) is 4.62. The van der Waals surface area contributed by atoms with Crippen LogP contribution in [0.3, 0.4) is 0 Å². The summed E-state index contributed by atoms with van der Waals surface area (Å²) in [6.07, 6.45) is 17.4. The van der Waals surface area contributed by atoms with E-state index in [4.69, 9.17) is 0 Å². The highest BCUT2D eigenvalue weighted by atomic mass is 14.3. The van der Waals surface area contributed by atoms with Gasteiger partial charge in [-0.05, 0) is 30.9 Å². The fourth-order valence-electron chi connectivity index (χ4n) is 1.97. The van der Waals surface area contributed by atoms with Crippen molar-refractivity contribution in [1.82, 2.24) is 0 Å². The second-order valence-corrected chi connectivity index (χ2v) is 4.62. The van der Waals surface area contributed by atoms with E-state index in [1.165, 1.54) is 17.6 Å². The van der Waals surface area contributed by atoms with E-state index in [-0.39, 0.29) is 5.41 Å². The molecule has 0 aromatic heterocycles. The Balaban J connectivity index is 0.00000137. The molecule has 0 atom stereocenters. The predicted octanol–water partition coefficient (Wildman–Crippen LogP) is 6.00. The minimum Gasteiger partial charge on any atom is -0.0988 e. The van der Waals surface area contributed by atoms with E-state index in [2.05, 4.69) is 50.8 Å². The van der Waals surface area contributed by atoms with E-state index >= 15 is 0 Å². The van der Waals surface area contributed by atoms with Gasteiger partial charge in [-0.3, -0.25) is 0 Å². The summed E-state index contributed by atoms with van der Waals surface area (Å²) in [4.78, 5) is 0. The van der Waals surface area contributed by atoms with Crippen LogP contribution in [0, 0.1) is 5.41 Å². The highest BCUT2D eigenvalue weighted by Crippen LogP contribution is 2.37. The third-order valence-electron chi connectivity index (χ3n) is 3.13. The summed E-state index contributed by atoms with van der Waals surface area (Å²) in [6, 6.07) is 0. The molecule has 18 heavy (non-hydrogen) atoms. The lowest BCUT2D eigenvalue weighted by Gasteiger charge is -2.29. The first-order valence-electron chi connectivity index (χ1n) is 6.96. The Bertz CT molecular complexity index is 359. The van der Waals surface area contributed by atoms with Gasteiger partial charge in [-0.15, -0.1) is 0 Å². The van der Waals surface area contributed by atoms with Crippen molar-refractivity contribution >= 4 is 0 Å². The Morgan fingerprint density at radius 2 is 1.94 bits per heavy atom. The Morgan fingerprint density at radius 1 is 1.28 bits per heavy atom. The van der Waals surface area contributed by atoms with Crippen LogP contribution >= 0.6 is 0 Å². The van der Waals surface area contributed by atoms with Crippen LogP contribution in [-0.4, -0.2) is 0 Å². The van der Waals surface area contributed by atoms with E-state index in [1.54, 1.807) is 0 Å². The molecule has 0 aromatic carbocycles. The molecule has 0 aliphatic heterocycles. The minimum absolute atomic E-state index is 0.0538. The van der Waals surface area contributed by atoms with Crippen LogP contribution in [0.1, 0.15) is 47.5 Å². The quantitative estimate of drug-likeness (QED) is 0.532. The zero-order valence-corrected chi connectivity index (χ0v) is 12.7. The van der Waals surface area contributed by atoms with Crippen LogP contribution < -0.4 is 0 Å². The Labute approximate surface area is 113 Å². The van der Waals surface area contributed by atoms with E-state index < -0.39 is 0 Å². The molecule has 0 nitrogen and oxygen atoms in total. The van der Waals surface area contributed by atoms with Gasteiger partial charge in [0.15, 0.2) is 0 Å². The van der Waals surface area contributed by atoms with E-state index in [0.717, 1.165) is 6.42 Å². The van der Waals surface area contributed by atoms with Gasteiger partial charge in [-0.25, -0.2) is 0 Å². The zero-order chi connectivity index (χ0) is 14.0. The molecule has 0 amide bonds. The minimum atomic E-state index is 0.0538. The van der Waals surface area contributed by atoms with Crippen molar-refractivity contribution in [2.24, 2.45) is 5.41 Å². The molecule has 0 spiro atoms. The molecule has 0 aromatic rings. The maximum atomic E-state index is 3.92. The Kier molecular flexibility index (Phi) is 8.11. The maximum absolute atomic E-state index is 3.92. The van der Waals surface area contributed by atoms with Crippen molar-refractivity contribution in [3.8, 4) is 0 Å². The first-order valence-corrected chi connectivity index (χ1v) is 6.96. The fourth-order valence-corrected chi connectivity index (χ4v) is 1.97. The molecule has 1 aliphatic rings. The van der Waals surface area contributed by atoms with Crippen molar-refractivity contribution in [3.05, 3.63) is 60.3 Å². The summed E-state index contributed by atoms with van der Waals surface area (Å²) in [6.45, 7) is 14.5. The maximum Gasteiger partial charge on any atom is 0.0143 e. The second kappa shape index (κ2) is 8.74. The number of rotatable bonds is 4. The highest BCUT2D eigenvalue weighted by Gasteiger charge is 2.24. The van der Waals surface area contributed by atoms with Gasteiger partial charge in [0.25, 0.3) is 0 Å². The van der Waals surface area contributed by atoms with Crippen LogP contribution in [0.2, 0.25) is 0 Å². The lowest BCUT2D eigenvalue weighted by molar-refractivity contribution is 0.560. The van der Waals surface area contributed by atoms with Gasteiger partial charge >= 0.3 is 0 Å². The molecule has 0 heterocycles. The van der Waals surface area contributed by atoms with Crippen LogP contribution in [0.4, 0.5) is 0 Å². The van der Waals surface area contributed by atoms with Gasteiger partial charge in [-0.1, -0.05) is 76.8 Å². The lowest BCUT2D eigenvalue weighted by Crippen LogP contribution is -2.16. The van der Waals surface area contributed by atoms with Gasteiger partial charge in [0.05, 0.1) is 0 Å². The van der Waals surface area contributed by atoms with Gasteiger partial charge in [0.2, 0.25) is 0 Å². The molecular weight excluding hydrogens is 216 g/mol. The van der Waals surface area contributed by atoms with Gasteiger partial charge in [-0.2, -0.15) is 0 Å². The summed E-state index contributed by atoms with van der Waals surface area (Å²) in [5, 5.41) is 0. The van der Waals surface area contributed by atoms with Crippen molar-refractivity contribution in [3.63, 3.8) is 0 Å². The molecule has 0 saturated carbocycles. The zero-order valence-electron chi connectivity index (χ0n) is 12.7. The van der Waals surface area contributed by atoms with Gasteiger partial charge < -0.3 is 0 Å². The average molecular weight is 244 g/mol. The molecule has 1 rings (SSSR count). The largest absolute Gasteiger partial charge is 0.0988 e. The monoisotopic (exact) mass is 244 g/mol. The molecule has 0 unspecified atom stereocenters. The summed E-state index contributed by atoms with van der Waals surface area (Å²) >= 11 is 0. The summed E-state index contributed by atoms with van der Waals surface area (Å²) in [7, 11) is 0. The molecule has 0 heteroatoms.